The molecule has 1 heterocycles. The maximum Gasteiger partial charge on any atom is 0.0781 e. The van der Waals surface area contributed by atoms with Crippen molar-refractivity contribution in [2.24, 2.45) is 5.73 Å². The summed E-state index contributed by atoms with van der Waals surface area (Å²) in [5.41, 5.74) is 5.51. The average molecular weight is 133 g/mol. The van der Waals surface area contributed by atoms with Crippen LogP contribution < -0.4 is 5.73 Å². The lowest BCUT2D eigenvalue weighted by atomic mass is 10.1. The molecule has 2 nitrogen and oxygen atoms in total. The molecule has 1 aliphatic rings. The second kappa shape index (κ2) is 2.71. The topological polar surface area (TPSA) is 46.2 Å². The number of hydrogen-bond donors (Lipinski definition) is 2. The zero-order valence-electron chi connectivity index (χ0n) is 4.71. The van der Waals surface area contributed by atoms with Crippen LogP contribution in [0.2, 0.25) is 0 Å². The van der Waals surface area contributed by atoms with Crippen LogP contribution in [0.1, 0.15) is 6.42 Å². The first kappa shape index (κ1) is 6.39. The van der Waals surface area contributed by atoms with E-state index in [1.54, 1.807) is 11.8 Å². The predicted molar refractivity (Wildman–Crippen MR) is 35.9 cm³/mol. The van der Waals surface area contributed by atoms with Gasteiger partial charge in [-0.1, -0.05) is 0 Å². The lowest BCUT2D eigenvalue weighted by Crippen LogP contribution is -2.39. The van der Waals surface area contributed by atoms with Crippen molar-refractivity contribution < 1.29 is 5.11 Å². The molecule has 0 spiro atoms. The number of aliphatic hydroxyl groups excluding tert-OH is 1. The molecule has 0 bridgehead atoms. The highest BCUT2D eigenvalue weighted by atomic mass is 32.2. The van der Waals surface area contributed by atoms with Crippen LogP contribution in [0.15, 0.2) is 0 Å². The summed E-state index contributed by atoms with van der Waals surface area (Å²) in [6, 6.07) is 0.0382. The number of nitrogens with two attached hydrogens (primary N) is 1. The van der Waals surface area contributed by atoms with E-state index in [9.17, 15) is 0 Å². The highest BCUT2D eigenvalue weighted by molar-refractivity contribution is 7.99. The number of thioether (sulfide) groups is 1. The summed E-state index contributed by atoms with van der Waals surface area (Å²) < 4.78 is 0. The highest BCUT2D eigenvalue weighted by Crippen LogP contribution is 2.15. The lowest BCUT2D eigenvalue weighted by Gasteiger charge is -2.22. The molecule has 0 saturated carbocycles. The summed E-state index contributed by atoms with van der Waals surface area (Å²) in [7, 11) is 0. The summed E-state index contributed by atoms with van der Waals surface area (Å²) >= 11 is 1.78. The third-order valence-corrected chi connectivity index (χ3v) is 2.48. The fraction of sp³-hybridized carbons (Fsp3) is 1.00. The van der Waals surface area contributed by atoms with Gasteiger partial charge in [0, 0.05) is 11.8 Å². The Morgan fingerprint density at radius 2 is 2.38 bits per heavy atom. The van der Waals surface area contributed by atoms with E-state index in [0.717, 1.165) is 17.9 Å². The molecule has 8 heavy (non-hydrogen) atoms. The number of rotatable bonds is 0. The monoisotopic (exact) mass is 133 g/mol. The van der Waals surface area contributed by atoms with Crippen molar-refractivity contribution in [2.45, 2.75) is 18.6 Å². The molecule has 0 aromatic carbocycles. The molecule has 2 atom stereocenters. The molecule has 0 aromatic rings. The van der Waals surface area contributed by atoms with Crippen molar-refractivity contribution in [1.82, 2.24) is 0 Å². The van der Waals surface area contributed by atoms with Gasteiger partial charge in [0.05, 0.1) is 6.10 Å². The maximum absolute atomic E-state index is 9.03. The van der Waals surface area contributed by atoms with Gasteiger partial charge in [0.25, 0.3) is 0 Å². The molecule has 1 fully saturated rings. The molecule has 3 N–H and O–H groups in total. The van der Waals surface area contributed by atoms with Crippen LogP contribution in [0, 0.1) is 0 Å². The molecule has 0 aliphatic carbocycles. The molecular weight excluding hydrogens is 122 g/mol. The van der Waals surface area contributed by atoms with Crippen molar-refractivity contribution in [3.63, 3.8) is 0 Å². The minimum absolute atomic E-state index is 0.0382. The molecule has 3 heteroatoms. The third-order valence-electron chi connectivity index (χ3n) is 1.38. The summed E-state index contributed by atoms with van der Waals surface area (Å²) in [5, 5.41) is 9.03. The van der Waals surface area contributed by atoms with E-state index >= 15 is 0 Å². The Morgan fingerprint density at radius 3 is 2.75 bits per heavy atom. The second-order valence-electron chi connectivity index (χ2n) is 2.09. The van der Waals surface area contributed by atoms with E-state index in [0.29, 0.717) is 0 Å². The van der Waals surface area contributed by atoms with Gasteiger partial charge in [-0.3, -0.25) is 0 Å². The molecule has 1 saturated heterocycles. The lowest BCUT2D eigenvalue weighted by molar-refractivity contribution is 0.163. The first-order valence-electron chi connectivity index (χ1n) is 2.82. The van der Waals surface area contributed by atoms with E-state index in [2.05, 4.69) is 0 Å². The van der Waals surface area contributed by atoms with Gasteiger partial charge in [0.15, 0.2) is 0 Å². The Morgan fingerprint density at radius 1 is 1.62 bits per heavy atom. The Hall–Kier alpha value is 0.270. The van der Waals surface area contributed by atoms with Crippen molar-refractivity contribution in [3.8, 4) is 0 Å². The predicted octanol–water partition coefficient (Wildman–Crippen LogP) is -0.189. The van der Waals surface area contributed by atoms with Crippen molar-refractivity contribution in [2.75, 3.05) is 11.5 Å². The molecule has 1 unspecified atom stereocenters. The van der Waals surface area contributed by atoms with Gasteiger partial charge in [0.1, 0.15) is 0 Å². The number of hydrogen-bond acceptors (Lipinski definition) is 3. The first-order valence-corrected chi connectivity index (χ1v) is 3.97. The van der Waals surface area contributed by atoms with E-state index in [1.165, 1.54) is 0 Å². The molecule has 1 aliphatic heterocycles. The Balaban J connectivity index is 2.28. The first-order chi connectivity index (χ1) is 3.80. The van der Waals surface area contributed by atoms with E-state index < -0.39 is 0 Å². The van der Waals surface area contributed by atoms with Gasteiger partial charge in [-0.05, 0) is 12.2 Å². The van der Waals surface area contributed by atoms with Gasteiger partial charge >= 0.3 is 0 Å². The smallest absolute Gasteiger partial charge is 0.0781 e. The van der Waals surface area contributed by atoms with Gasteiger partial charge in [-0.25, -0.2) is 0 Å². The van der Waals surface area contributed by atoms with Crippen LogP contribution in [-0.2, 0) is 0 Å². The molecule has 0 radical (unpaired) electrons. The summed E-state index contributed by atoms with van der Waals surface area (Å²) in [6.45, 7) is 0. The summed E-state index contributed by atoms with van der Waals surface area (Å²) in [4.78, 5) is 0. The minimum Gasteiger partial charge on any atom is -0.391 e. The fourth-order valence-corrected chi connectivity index (χ4v) is 1.83. The molecule has 0 aromatic heterocycles. The third kappa shape index (κ3) is 1.37. The normalized spacial score (nSPS) is 39.8. The zero-order chi connectivity index (χ0) is 5.98. The largest absolute Gasteiger partial charge is 0.391 e. The average Bonchev–Trinajstić information content (AvgIpc) is 1.77. The van der Waals surface area contributed by atoms with Crippen LogP contribution in [0.4, 0.5) is 0 Å². The van der Waals surface area contributed by atoms with Gasteiger partial charge in [-0.2, -0.15) is 11.8 Å². The van der Waals surface area contributed by atoms with Crippen LogP contribution >= 0.6 is 11.8 Å². The van der Waals surface area contributed by atoms with E-state index in [-0.39, 0.29) is 12.1 Å². The van der Waals surface area contributed by atoms with Crippen molar-refractivity contribution >= 4 is 11.8 Å². The van der Waals surface area contributed by atoms with Gasteiger partial charge < -0.3 is 10.8 Å². The van der Waals surface area contributed by atoms with Crippen molar-refractivity contribution in [3.05, 3.63) is 0 Å². The van der Waals surface area contributed by atoms with Crippen LogP contribution in [0.5, 0.6) is 0 Å². The molecule has 0 amide bonds. The van der Waals surface area contributed by atoms with Crippen LogP contribution in [0.25, 0.3) is 0 Å². The van der Waals surface area contributed by atoms with Gasteiger partial charge in [0.2, 0.25) is 0 Å². The second-order valence-corrected chi connectivity index (χ2v) is 3.24. The minimum atomic E-state index is -0.256. The van der Waals surface area contributed by atoms with E-state index in [4.69, 9.17) is 10.8 Å². The standard InChI is InChI=1S/C5H11NOS/c6-4-1-2-8-3-5(4)7/h4-5,7H,1-3,6H2/t4?,5-/m0/s1. The number of aliphatic hydroxyl groups is 1. The van der Waals surface area contributed by atoms with E-state index in [1.807, 2.05) is 0 Å². The van der Waals surface area contributed by atoms with Crippen LogP contribution in [-0.4, -0.2) is 28.8 Å². The molecular formula is C5H11NOS. The summed E-state index contributed by atoms with van der Waals surface area (Å²) in [6.07, 6.45) is 0.708. The quantitative estimate of drug-likeness (QED) is 0.481. The molecule has 48 valence electrons. The molecule has 1 rings (SSSR count). The summed E-state index contributed by atoms with van der Waals surface area (Å²) in [5.74, 6) is 1.93. The highest BCUT2D eigenvalue weighted by Gasteiger charge is 2.18. The van der Waals surface area contributed by atoms with Crippen molar-refractivity contribution in [1.29, 1.82) is 0 Å². The zero-order valence-corrected chi connectivity index (χ0v) is 5.53. The van der Waals surface area contributed by atoms with Crippen LogP contribution in [0.3, 0.4) is 0 Å². The van der Waals surface area contributed by atoms with Gasteiger partial charge in [-0.15, -0.1) is 0 Å². The Bertz CT molecular complexity index is 68.8. The Kier molecular flexibility index (Phi) is 2.16. The Labute approximate surface area is 53.5 Å². The SMILES string of the molecule is NC1CCSC[C@@H]1O. The maximum atomic E-state index is 9.03. The fourth-order valence-electron chi connectivity index (χ4n) is 0.739.